The molecule has 0 aliphatic rings. The van der Waals surface area contributed by atoms with Crippen LogP contribution in [-0.4, -0.2) is 25.6 Å². The maximum Gasteiger partial charge on any atom is 0.258 e. The minimum atomic E-state index is -0.351. The van der Waals surface area contributed by atoms with Gasteiger partial charge in [-0.2, -0.15) is 5.26 Å². The summed E-state index contributed by atoms with van der Waals surface area (Å²) in [5.74, 6) is 0.146. The first-order valence-electron chi connectivity index (χ1n) is 5.93. The van der Waals surface area contributed by atoms with Crippen molar-refractivity contribution in [1.82, 2.24) is 10.6 Å². The molecule has 1 amide bonds. The van der Waals surface area contributed by atoms with Crippen molar-refractivity contribution in [3.8, 4) is 11.8 Å². The van der Waals surface area contributed by atoms with Crippen molar-refractivity contribution in [3.63, 3.8) is 0 Å². The van der Waals surface area contributed by atoms with Gasteiger partial charge in [-0.05, 0) is 12.6 Å². The third kappa shape index (κ3) is 5.16. The maximum atomic E-state index is 11.4. The van der Waals surface area contributed by atoms with Crippen LogP contribution in [-0.2, 0) is 11.3 Å². The van der Waals surface area contributed by atoms with Gasteiger partial charge in [-0.15, -0.1) is 0 Å². The van der Waals surface area contributed by atoms with Gasteiger partial charge in [0.15, 0.2) is 6.61 Å². The molecule has 0 saturated heterocycles. The molecule has 0 aliphatic carbocycles. The zero-order valence-electron chi connectivity index (χ0n) is 10.7. The molecule has 0 radical (unpaired) electrons. The summed E-state index contributed by atoms with van der Waals surface area (Å²) < 4.78 is 5.43. The lowest BCUT2D eigenvalue weighted by Gasteiger charge is -2.13. The number of ether oxygens (including phenoxy) is 1. The number of amides is 1. The SMILES string of the molecule is CCNCc1cccc(Cl)c1OCC(=O)NCC#N. The number of hydrogen-bond acceptors (Lipinski definition) is 4. The fourth-order valence-electron chi connectivity index (χ4n) is 1.44. The van der Waals surface area contributed by atoms with E-state index in [1.165, 1.54) is 0 Å². The van der Waals surface area contributed by atoms with Crippen LogP contribution in [0.2, 0.25) is 5.02 Å². The molecule has 0 aliphatic heterocycles. The molecular weight excluding hydrogens is 266 g/mol. The highest BCUT2D eigenvalue weighted by atomic mass is 35.5. The molecule has 0 heterocycles. The van der Waals surface area contributed by atoms with Crippen LogP contribution in [0, 0.1) is 11.3 Å². The van der Waals surface area contributed by atoms with Gasteiger partial charge in [0.2, 0.25) is 0 Å². The third-order valence-electron chi connectivity index (χ3n) is 2.33. The van der Waals surface area contributed by atoms with Crippen LogP contribution in [0.3, 0.4) is 0 Å². The number of para-hydroxylation sites is 1. The van der Waals surface area contributed by atoms with Gasteiger partial charge in [0.1, 0.15) is 12.3 Å². The van der Waals surface area contributed by atoms with Crippen molar-refractivity contribution in [1.29, 1.82) is 5.26 Å². The van der Waals surface area contributed by atoms with Gasteiger partial charge < -0.3 is 15.4 Å². The molecule has 0 spiro atoms. The first kappa shape index (κ1) is 15.3. The van der Waals surface area contributed by atoms with Crippen LogP contribution >= 0.6 is 11.6 Å². The highest BCUT2D eigenvalue weighted by Crippen LogP contribution is 2.28. The summed E-state index contributed by atoms with van der Waals surface area (Å²) in [5, 5.41) is 14.4. The van der Waals surface area contributed by atoms with E-state index in [2.05, 4.69) is 10.6 Å². The normalized spacial score (nSPS) is 9.74. The smallest absolute Gasteiger partial charge is 0.258 e. The molecule has 0 bridgehead atoms. The Morgan fingerprint density at radius 3 is 3.00 bits per heavy atom. The van der Waals surface area contributed by atoms with Crippen LogP contribution < -0.4 is 15.4 Å². The Morgan fingerprint density at radius 2 is 2.32 bits per heavy atom. The minimum Gasteiger partial charge on any atom is -0.482 e. The Balaban J connectivity index is 2.65. The van der Waals surface area contributed by atoms with E-state index in [9.17, 15) is 4.79 Å². The fraction of sp³-hybridized carbons (Fsp3) is 0.385. The number of carbonyl (C=O) groups excluding carboxylic acids is 1. The molecule has 6 heteroatoms. The van der Waals surface area contributed by atoms with Gasteiger partial charge in [-0.3, -0.25) is 4.79 Å². The molecule has 0 atom stereocenters. The van der Waals surface area contributed by atoms with Crippen molar-refractivity contribution in [2.45, 2.75) is 13.5 Å². The zero-order chi connectivity index (χ0) is 14.1. The topological polar surface area (TPSA) is 74.2 Å². The van der Waals surface area contributed by atoms with Gasteiger partial charge in [0.25, 0.3) is 5.91 Å². The van der Waals surface area contributed by atoms with Crippen molar-refractivity contribution in [2.24, 2.45) is 0 Å². The lowest BCUT2D eigenvalue weighted by molar-refractivity contribution is -0.122. The molecule has 19 heavy (non-hydrogen) atoms. The van der Waals surface area contributed by atoms with Crippen molar-refractivity contribution >= 4 is 17.5 Å². The number of halogens is 1. The molecule has 0 fully saturated rings. The summed E-state index contributed by atoms with van der Waals surface area (Å²) in [5.41, 5.74) is 0.891. The molecule has 102 valence electrons. The first-order valence-corrected chi connectivity index (χ1v) is 6.31. The van der Waals surface area contributed by atoms with Gasteiger partial charge in [-0.1, -0.05) is 30.7 Å². The Bertz CT molecular complexity index is 471. The Kier molecular flexibility index (Phi) is 6.72. The summed E-state index contributed by atoms with van der Waals surface area (Å²) in [6.45, 7) is 3.25. The van der Waals surface area contributed by atoms with E-state index in [-0.39, 0.29) is 19.1 Å². The average molecular weight is 282 g/mol. The third-order valence-corrected chi connectivity index (χ3v) is 2.62. The van der Waals surface area contributed by atoms with Gasteiger partial charge in [0.05, 0.1) is 11.1 Å². The molecule has 5 nitrogen and oxygen atoms in total. The summed E-state index contributed by atoms with van der Waals surface area (Å²) in [7, 11) is 0. The lowest BCUT2D eigenvalue weighted by atomic mass is 10.2. The van der Waals surface area contributed by atoms with E-state index in [0.717, 1.165) is 12.1 Å². The highest BCUT2D eigenvalue weighted by Gasteiger charge is 2.10. The number of nitriles is 1. The monoisotopic (exact) mass is 281 g/mol. The van der Waals surface area contributed by atoms with Crippen LogP contribution in [0.15, 0.2) is 18.2 Å². The molecule has 0 aromatic heterocycles. The Hall–Kier alpha value is -1.77. The maximum absolute atomic E-state index is 11.4. The van der Waals surface area contributed by atoms with Crippen molar-refractivity contribution in [3.05, 3.63) is 28.8 Å². The molecule has 1 aromatic carbocycles. The van der Waals surface area contributed by atoms with Gasteiger partial charge >= 0.3 is 0 Å². The summed E-state index contributed by atoms with van der Waals surface area (Å²) in [6, 6.07) is 7.25. The molecule has 1 rings (SSSR count). The summed E-state index contributed by atoms with van der Waals surface area (Å²) in [6.07, 6.45) is 0. The molecule has 0 saturated carbocycles. The number of benzene rings is 1. The number of rotatable bonds is 7. The zero-order valence-corrected chi connectivity index (χ0v) is 11.5. The Labute approximate surface area is 117 Å². The fourth-order valence-corrected chi connectivity index (χ4v) is 1.69. The van der Waals surface area contributed by atoms with E-state index in [1.54, 1.807) is 6.07 Å². The largest absolute Gasteiger partial charge is 0.482 e. The number of nitrogens with zero attached hydrogens (tertiary/aromatic N) is 1. The van der Waals surface area contributed by atoms with Crippen LogP contribution in [0.4, 0.5) is 0 Å². The Morgan fingerprint density at radius 1 is 1.53 bits per heavy atom. The molecule has 0 unspecified atom stereocenters. The second-order valence-corrected chi connectivity index (χ2v) is 4.14. The first-order chi connectivity index (χ1) is 9.19. The van der Waals surface area contributed by atoms with E-state index >= 15 is 0 Å². The quantitative estimate of drug-likeness (QED) is 0.742. The van der Waals surface area contributed by atoms with Crippen LogP contribution in [0.25, 0.3) is 0 Å². The van der Waals surface area contributed by atoms with Crippen molar-refractivity contribution in [2.75, 3.05) is 19.7 Å². The minimum absolute atomic E-state index is 0.0328. The summed E-state index contributed by atoms with van der Waals surface area (Å²) >= 11 is 6.06. The number of nitrogens with one attached hydrogen (secondary N) is 2. The van der Waals surface area contributed by atoms with E-state index in [1.807, 2.05) is 25.1 Å². The van der Waals surface area contributed by atoms with E-state index in [4.69, 9.17) is 21.6 Å². The molecular formula is C13H16ClN3O2. The number of carbonyl (C=O) groups is 1. The van der Waals surface area contributed by atoms with E-state index < -0.39 is 0 Å². The van der Waals surface area contributed by atoms with Crippen LogP contribution in [0.1, 0.15) is 12.5 Å². The second kappa shape index (κ2) is 8.35. The lowest BCUT2D eigenvalue weighted by Crippen LogP contribution is -2.29. The van der Waals surface area contributed by atoms with Crippen LogP contribution in [0.5, 0.6) is 5.75 Å². The second-order valence-electron chi connectivity index (χ2n) is 3.73. The molecule has 1 aromatic rings. The predicted molar refractivity (Wildman–Crippen MR) is 73.0 cm³/mol. The highest BCUT2D eigenvalue weighted by molar-refractivity contribution is 6.32. The standard InChI is InChI=1S/C13H16ClN3O2/c1-2-16-8-10-4-3-5-11(14)13(10)19-9-12(18)17-7-6-15/h3-5,16H,2,7-9H2,1H3,(H,17,18). The molecule has 2 N–H and O–H groups in total. The average Bonchev–Trinajstić information content (AvgIpc) is 2.41. The van der Waals surface area contributed by atoms with Gasteiger partial charge in [0, 0.05) is 12.1 Å². The predicted octanol–water partition coefficient (Wildman–Crippen LogP) is 1.47. The summed E-state index contributed by atoms with van der Waals surface area (Å²) in [4.78, 5) is 11.4. The van der Waals surface area contributed by atoms with Gasteiger partial charge in [-0.25, -0.2) is 0 Å². The van der Waals surface area contributed by atoms with E-state index in [0.29, 0.717) is 17.3 Å². The van der Waals surface area contributed by atoms with Crippen molar-refractivity contribution < 1.29 is 9.53 Å². The number of hydrogen-bond donors (Lipinski definition) is 2.